The first kappa shape index (κ1) is 25.4. The van der Waals surface area contributed by atoms with Gasteiger partial charge in [-0.25, -0.2) is 14.8 Å². The molecule has 0 unspecified atom stereocenters. The molecule has 10 heteroatoms. The number of nitrogens with zero attached hydrogens (tertiary/aromatic N) is 5. The van der Waals surface area contributed by atoms with Gasteiger partial charge in [-0.2, -0.15) is 5.26 Å². The number of piperidine rings is 1. The molecule has 0 bridgehead atoms. The number of ether oxygens (including phenoxy) is 1. The number of benzene rings is 2. The first-order valence-electron chi connectivity index (χ1n) is 12.9. The highest BCUT2D eigenvalue weighted by Gasteiger charge is 2.23. The van der Waals surface area contributed by atoms with Gasteiger partial charge in [0.1, 0.15) is 6.07 Å². The summed E-state index contributed by atoms with van der Waals surface area (Å²) in [5, 5.41) is 25.2. The summed E-state index contributed by atoms with van der Waals surface area (Å²) in [4.78, 5) is 25.7. The van der Waals surface area contributed by atoms with Crippen molar-refractivity contribution < 1.29 is 14.6 Å². The number of likely N-dealkylation sites (tertiary alicyclic amines) is 1. The maximum atomic E-state index is 12.7. The molecule has 196 valence electrons. The van der Waals surface area contributed by atoms with Crippen LogP contribution in [0.15, 0.2) is 54.7 Å². The van der Waals surface area contributed by atoms with Crippen molar-refractivity contribution in [2.75, 3.05) is 61.5 Å². The molecule has 5 rings (SSSR count). The van der Waals surface area contributed by atoms with Crippen molar-refractivity contribution in [1.82, 2.24) is 14.9 Å². The Hall–Kier alpha value is -4.20. The molecule has 3 N–H and O–H groups in total. The van der Waals surface area contributed by atoms with E-state index in [1.54, 1.807) is 29.3 Å². The number of morpholine rings is 1. The van der Waals surface area contributed by atoms with Crippen molar-refractivity contribution >= 4 is 29.0 Å². The Morgan fingerprint density at radius 2 is 1.84 bits per heavy atom. The third-order valence-corrected chi connectivity index (χ3v) is 6.99. The zero-order valence-corrected chi connectivity index (χ0v) is 21.1. The van der Waals surface area contributed by atoms with E-state index in [2.05, 4.69) is 43.7 Å². The lowest BCUT2D eigenvalue weighted by atomic mass is 9.98. The Kier molecular flexibility index (Phi) is 7.97. The molecule has 0 saturated carbocycles. The number of amides is 2. The van der Waals surface area contributed by atoms with E-state index in [9.17, 15) is 15.2 Å². The summed E-state index contributed by atoms with van der Waals surface area (Å²) in [6.07, 6.45) is 3.22. The number of hydrogen-bond donors (Lipinski definition) is 3. The van der Waals surface area contributed by atoms with Crippen molar-refractivity contribution in [1.29, 1.82) is 5.26 Å². The van der Waals surface area contributed by atoms with E-state index in [1.165, 1.54) is 0 Å². The van der Waals surface area contributed by atoms with Crippen LogP contribution in [0.5, 0.6) is 0 Å². The molecule has 3 heterocycles. The molecule has 38 heavy (non-hydrogen) atoms. The topological polar surface area (TPSA) is 127 Å². The maximum absolute atomic E-state index is 12.7. The summed E-state index contributed by atoms with van der Waals surface area (Å²) in [6.45, 7) is 4.57. The minimum absolute atomic E-state index is 0.150. The van der Waals surface area contributed by atoms with Crippen LogP contribution in [0.1, 0.15) is 18.4 Å². The highest BCUT2D eigenvalue weighted by molar-refractivity contribution is 5.91. The molecule has 0 atom stereocenters. The fourth-order valence-corrected chi connectivity index (χ4v) is 4.70. The standard InChI is InChI=1S/C28H31N7O3/c29-18-22-17-21(1-6-25(22)33-28(37)35-11-8-20(19-36)9-12-35)26-7-10-30-27(32-26)31-23-2-4-24(5-3-23)34-13-15-38-16-14-34/h1-7,10,17,20,36H,8-9,11-16,19H2,(H,33,37)(H,30,31,32). The van der Waals surface area contributed by atoms with Crippen molar-refractivity contribution in [3.8, 4) is 17.3 Å². The number of carbonyl (C=O) groups is 1. The number of anilines is 4. The number of hydrogen-bond acceptors (Lipinski definition) is 8. The van der Waals surface area contributed by atoms with Gasteiger partial charge in [0.2, 0.25) is 5.95 Å². The molecule has 0 spiro atoms. The van der Waals surface area contributed by atoms with E-state index >= 15 is 0 Å². The molecule has 2 aliphatic rings. The Morgan fingerprint density at radius 3 is 2.55 bits per heavy atom. The molecule has 2 aromatic carbocycles. The van der Waals surface area contributed by atoms with Crippen molar-refractivity contribution in [2.24, 2.45) is 5.92 Å². The summed E-state index contributed by atoms with van der Waals surface area (Å²) < 4.78 is 5.43. The third kappa shape index (κ3) is 6.02. The van der Waals surface area contributed by atoms with Crippen LogP contribution in [0.25, 0.3) is 11.3 Å². The molecule has 0 aliphatic carbocycles. The lowest BCUT2D eigenvalue weighted by molar-refractivity contribution is 0.122. The van der Waals surface area contributed by atoms with Gasteiger partial charge >= 0.3 is 6.03 Å². The average molecular weight is 514 g/mol. The predicted octanol–water partition coefficient (Wildman–Crippen LogP) is 3.83. The first-order valence-corrected chi connectivity index (χ1v) is 12.9. The number of aliphatic hydroxyl groups is 1. The molecular formula is C28H31N7O3. The van der Waals surface area contributed by atoms with Gasteiger partial charge in [0.15, 0.2) is 0 Å². The fraction of sp³-hybridized carbons (Fsp3) is 0.357. The maximum Gasteiger partial charge on any atom is 0.321 e. The second-order valence-corrected chi connectivity index (χ2v) is 9.45. The van der Waals surface area contributed by atoms with Crippen LogP contribution in [-0.4, -0.2) is 72.0 Å². The molecule has 2 aliphatic heterocycles. The van der Waals surface area contributed by atoms with Crippen LogP contribution in [0, 0.1) is 17.2 Å². The lowest BCUT2D eigenvalue weighted by Gasteiger charge is -2.31. The third-order valence-electron chi connectivity index (χ3n) is 6.99. The number of nitriles is 1. The van der Waals surface area contributed by atoms with Gasteiger partial charge < -0.3 is 30.3 Å². The monoisotopic (exact) mass is 513 g/mol. The molecular weight excluding hydrogens is 482 g/mol. The van der Waals surface area contributed by atoms with Gasteiger partial charge in [0.25, 0.3) is 0 Å². The Labute approximate surface area is 221 Å². The quantitative estimate of drug-likeness (QED) is 0.454. The van der Waals surface area contributed by atoms with E-state index < -0.39 is 0 Å². The first-order chi connectivity index (χ1) is 18.6. The Morgan fingerprint density at radius 1 is 1.08 bits per heavy atom. The normalized spacial score (nSPS) is 16.1. The van der Waals surface area contributed by atoms with E-state index in [0.717, 1.165) is 56.1 Å². The van der Waals surface area contributed by atoms with E-state index in [1.807, 2.05) is 18.2 Å². The van der Waals surface area contributed by atoms with E-state index in [4.69, 9.17) is 4.74 Å². The summed E-state index contributed by atoms with van der Waals surface area (Å²) in [7, 11) is 0. The molecule has 2 saturated heterocycles. The highest BCUT2D eigenvalue weighted by Crippen LogP contribution is 2.26. The largest absolute Gasteiger partial charge is 0.396 e. The van der Waals surface area contributed by atoms with Crippen molar-refractivity contribution in [3.05, 3.63) is 60.3 Å². The molecule has 0 radical (unpaired) electrons. The second kappa shape index (κ2) is 11.9. The lowest BCUT2D eigenvalue weighted by Crippen LogP contribution is -2.41. The number of urea groups is 1. The fourth-order valence-electron chi connectivity index (χ4n) is 4.70. The minimum atomic E-state index is -0.237. The average Bonchev–Trinajstić information content (AvgIpc) is 2.98. The van der Waals surface area contributed by atoms with Crippen LogP contribution < -0.4 is 15.5 Å². The zero-order chi connectivity index (χ0) is 26.3. The van der Waals surface area contributed by atoms with E-state index in [0.29, 0.717) is 36.0 Å². The van der Waals surface area contributed by atoms with Gasteiger partial charge in [0.05, 0.1) is 30.2 Å². The zero-order valence-electron chi connectivity index (χ0n) is 21.1. The van der Waals surface area contributed by atoms with Crippen molar-refractivity contribution in [3.63, 3.8) is 0 Å². The summed E-state index contributed by atoms with van der Waals surface area (Å²) >= 11 is 0. The number of carbonyl (C=O) groups excluding carboxylic acids is 1. The van der Waals surface area contributed by atoms with Crippen LogP contribution in [0.3, 0.4) is 0 Å². The molecule has 1 aromatic heterocycles. The highest BCUT2D eigenvalue weighted by atomic mass is 16.5. The number of aliphatic hydroxyl groups excluding tert-OH is 1. The predicted molar refractivity (Wildman–Crippen MR) is 145 cm³/mol. The SMILES string of the molecule is N#Cc1cc(-c2ccnc(Nc3ccc(N4CCOCC4)cc3)n2)ccc1NC(=O)N1CCC(CO)CC1. The van der Waals surface area contributed by atoms with Gasteiger partial charge in [-0.15, -0.1) is 0 Å². The van der Waals surface area contributed by atoms with Gasteiger partial charge in [-0.3, -0.25) is 0 Å². The molecule has 10 nitrogen and oxygen atoms in total. The summed E-state index contributed by atoms with van der Waals surface area (Å²) in [5.41, 5.74) is 4.24. The van der Waals surface area contributed by atoms with Gasteiger partial charge in [-0.05, 0) is 61.2 Å². The van der Waals surface area contributed by atoms with Crippen LogP contribution in [0.2, 0.25) is 0 Å². The minimum Gasteiger partial charge on any atom is -0.396 e. The van der Waals surface area contributed by atoms with Crippen LogP contribution in [0.4, 0.5) is 27.8 Å². The van der Waals surface area contributed by atoms with Gasteiger partial charge in [0, 0.05) is 55.9 Å². The van der Waals surface area contributed by atoms with Crippen molar-refractivity contribution in [2.45, 2.75) is 12.8 Å². The number of aromatic nitrogens is 2. The number of rotatable bonds is 6. The van der Waals surface area contributed by atoms with Gasteiger partial charge in [-0.1, -0.05) is 6.07 Å². The summed E-state index contributed by atoms with van der Waals surface area (Å²) in [5.74, 6) is 0.693. The van der Waals surface area contributed by atoms with Crippen LogP contribution >= 0.6 is 0 Å². The molecule has 2 amide bonds. The van der Waals surface area contributed by atoms with Crippen LogP contribution in [-0.2, 0) is 4.74 Å². The Balaban J connectivity index is 1.25. The number of nitrogens with one attached hydrogen (secondary N) is 2. The second-order valence-electron chi connectivity index (χ2n) is 9.45. The molecule has 2 fully saturated rings. The Bertz CT molecular complexity index is 1290. The molecule has 3 aromatic rings. The summed E-state index contributed by atoms with van der Waals surface area (Å²) in [6, 6.07) is 17.1. The smallest absolute Gasteiger partial charge is 0.321 e. The van der Waals surface area contributed by atoms with E-state index in [-0.39, 0.29) is 18.6 Å².